The van der Waals surface area contributed by atoms with E-state index in [-0.39, 0.29) is 18.3 Å². The summed E-state index contributed by atoms with van der Waals surface area (Å²) in [6.07, 6.45) is 1.35. The van der Waals surface area contributed by atoms with E-state index in [1.807, 2.05) is 12.1 Å². The average Bonchev–Trinajstić information content (AvgIpc) is 2.78. The normalized spacial score (nSPS) is 16.2. The number of aliphatic carboxylic acids is 1. The molecular formula is C24H22FNO5. The van der Waals surface area contributed by atoms with Crippen molar-refractivity contribution in [2.45, 2.75) is 31.5 Å². The van der Waals surface area contributed by atoms with Crippen molar-refractivity contribution in [1.29, 1.82) is 0 Å². The van der Waals surface area contributed by atoms with E-state index >= 15 is 0 Å². The van der Waals surface area contributed by atoms with E-state index in [1.54, 1.807) is 36.5 Å². The number of ether oxygens (including phenoxy) is 2. The van der Waals surface area contributed by atoms with Crippen LogP contribution in [0.3, 0.4) is 0 Å². The number of halogens is 1. The van der Waals surface area contributed by atoms with Crippen molar-refractivity contribution < 1.29 is 28.9 Å². The van der Waals surface area contributed by atoms with Gasteiger partial charge in [-0.15, -0.1) is 0 Å². The third-order valence-corrected chi connectivity index (χ3v) is 5.39. The summed E-state index contributed by atoms with van der Waals surface area (Å²) in [5, 5.41) is 19.0. The second kappa shape index (κ2) is 8.73. The van der Waals surface area contributed by atoms with Crippen LogP contribution in [-0.4, -0.2) is 28.3 Å². The monoisotopic (exact) mass is 423 g/mol. The SMILES string of the molecule is COc1ccc(F)c(-c2ccc(C3CCc4ccc([C@H](O)CC(=O)O)cc4O3)nc2)c1. The standard InChI is InChI=1S/C24H22FNO5/c1-30-17-6-7-19(25)18(11-17)16-4-8-20(26-13-16)22-9-5-14-2-3-15(10-23(14)31-22)21(27)12-24(28)29/h2-4,6-8,10-11,13,21-22,27H,5,9,12H2,1H3,(H,28,29)/t21-,22?/m1/s1. The Kier molecular flexibility index (Phi) is 5.86. The molecule has 2 aromatic carbocycles. The maximum Gasteiger partial charge on any atom is 0.306 e. The summed E-state index contributed by atoms with van der Waals surface area (Å²) in [7, 11) is 1.53. The van der Waals surface area contributed by atoms with Crippen LogP contribution < -0.4 is 9.47 Å². The lowest BCUT2D eigenvalue weighted by Gasteiger charge is -2.26. The van der Waals surface area contributed by atoms with Crippen LogP contribution in [0, 0.1) is 5.82 Å². The van der Waals surface area contributed by atoms with Crippen molar-refractivity contribution >= 4 is 5.97 Å². The van der Waals surface area contributed by atoms with Gasteiger partial charge in [0.25, 0.3) is 0 Å². The fraction of sp³-hybridized carbons (Fsp3) is 0.250. The Morgan fingerprint density at radius 2 is 2.10 bits per heavy atom. The minimum absolute atomic E-state index is 0.288. The number of carboxylic acids is 1. The topological polar surface area (TPSA) is 88.9 Å². The Morgan fingerprint density at radius 3 is 2.81 bits per heavy atom. The summed E-state index contributed by atoms with van der Waals surface area (Å²) in [6, 6.07) is 13.4. The quantitative estimate of drug-likeness (QED) is 0.608. The fourth-order valence-electron chi connectivity index (χ4n) is 3.69. The maximum atomic E-state index is 14.2. The molecule has 2 atom stereocenters. The Bertz CT molecular complexity index is 1100. The minimum Gasteiger partial charge on any atom is -0.497 e. The number of aryl methyl sites for hydroxylation is 1. The molecule has 31 heavy (non-hydrogen) atoms. The molecule has 2 N–H and O–H groups in total. The number of rotatable bonds is 6. The third kappa shape index (κ3) is 4.51. The Balaban J connectivity index is 1.54. The van der Waals surface area contributed by atoms with Gasteiger partial charge < -0.3 is 19.7 Å². The number of aromatic nitrogens is 1. The van der Waals surface area contributed by atoms with Gasteiger partial charge in [0.15, 0.2) is 0 Å². The predicted molar refractivity (Wildman–Crippen MR) is 112 cm³/mol. The van der Waals surface area contributed by atoms with Gasteiger partial charge >= 0.3 is 5.97 Å². The molecule has 0 spiro atoms. The Morgan fingerprint density at radius 1 is 1.26 bits per heavy atom. The van der Waals surface area contributed by atoms with Gasteiger partial charge in [-0.2, -0.15) is 0 Å². The van der Waals surface area contributed by atoms with Gasteiger partial charge in [0.2, 0.25) is 0 Å². The molecule has 6 nitrogen and oxygen atoms in total. The second-order valence-corrected chi connectivity index (χ2v) is 7.44. The zero-order chi connectivity index (χ0) is 22.0. The largest absolute Gasteiger partial charge is 0.497 e. The molecule has 3 aromatic rings. The van der Waals surface area contributed by atoms with Crippen molar-refractivity contribution in [3.63, 3.8) is 0 Å². The van der Waals surface area contributed by atoms with E-state index in [0.29, 0.717) is 33.9 Å². The average molecular weight is 423 g/mol. The molecule has 0 aliphatic carbocycles. The third-order valence-electron chi connectivity index (χ3n) is 5.39. The molecule has 0 radical (unpaired) electrons. The number of hydrogen-bond acceptors (Lipinski definition) is 5. The zero-order valence-corrected chi connectivity index (χ0v) is 16.9. The molecule has 4 rings (SSSR count). The van der Waals surface area contributed by atoms with Gasteiger partial charge in [0, 0.05) is 17.3 Å². The number of methoxy groups -OCH3 is 1. The molecule has 7 heteroatoms. The van der Waals surface area contributed by atoms with E-state index in [9.17, 15) is 14.3 Å². The molecule has 1 aromatic heterocycles. The molecule has 0 bridgehead atoms. The molecular weight excluding hydrogens is 401 g/mol. The second-order valence-electron chi connectivity index (χ2n) is 7.44. The van der Waals surface area contributed by atoms with Crippen LogP contribution in [0.5, 0.6) is 11.5 Å². The number of carbonyl (C=O) groups is 1. The van der Waals surface area contributed by atoms with Gasteiger partial charge in [0.05, 0.1) is 25.3 Å². The van der Waals surface area contributed by atoms with Gasteiger partial charge in [0.1, 0.15) is 23.4 Å². The summed E-state index contributed by atoms with van der Waals surface area (Å²) >= 11 is 0. The first-order valence-corrected chi connectivity index (χ1v) is 9.94. The van der Waals surface area contributed by atoms with Crippen molar-refractivity contribution in [2.24, 2.45) is 0 Å². The number of fused-ring (bicyclic) bond motifs is 1. The number of nitrogens with zero attached hydrogens (tertiary/aromatic N) is 1. The lowest BCUT2D eigenvalue weighted by Crippen LogP contribution is -2.17. The molecule has 0 fully saturated rings. The highest BCUT2D eigenvalue weighted by Crippen LogP contribution is 2.37. The summed E-state index contributed by atoms with van der Waals surface area (Å²) in [5.41, 5.74) is 3.26. The molecule has 1 aliphatic heterocycles. The number of aliphatic hydroxyl groups excluding tert-OH is 1. The van der Waals surface area contributed by atoms with Gasteiger partial charge in [-0.05, 0) is 54.3 Å². The van der Waals surface area contributed by atoms with Crippen LogP contribution in [0.1, 0.15) is 41.9 Å². The highest BCUT2D eigenvalue weighted by molar-refractivity contribution is 5.68. The van der Waals surface area contributed by atoms with Crippen molar-refractivity contribution in [3.05, 3.63) is 77.4 Å². The van der Waals surface area contributed by atoms with Crippen molar-refractivity contribution in [2.75, 3.05) is 7.11 Å². The predicted octanol–water partition coefficient (Wildman–Crippen LogP) is 4.47. The fourth-order valence-corrected chi connectivity index (χ4v) is 3.69. The van der Waals surface area contributed by atoms with E-state index in [4.69, 9.17) is 14.6 Å². The van der Waals surface area contributed by atoms with Crippen LogP contribution in [0.2, 0.25) is 0 Å². The highest BCUT2D eigenvalue weighted by Gasteiger charge is 2.24. The van der Waals surface area contributed by atoms with Crippen LogP contribution in [0.4, 0.5) is 4.39 Å². The smallest absolute Gasteiger partial charge is 0.306 e. The Hall–Kier alpha value is -3.45. The first-order chi connectivity index (χ1) is 14.9. The maximum absolute atomic E-state index is 14.2. The number of pyridine rings is 1. The number of hydrogen-bond donors (Lipinski definition) is 2. The first kappa shape index (κ1) is 20.8. The van der Waals surface area contributed by atoms with Crippen molar-refractivity contribution in [1.82, 2.24) is 4.98 Å². The molecule has 2 heterocycles. The van der Waals surface area contributed by atoms with Gasteiger partial charge in [-0.3, -0.25) is 9.78 Å². The first-order valence-electron chi connectivity index (χ1n) is 9.94. The molecule has 1 aliphatic rings. The van der Waals surface area contributed by atoms with E-state index in [2.05, 4.69) is 4.98 Å². The Labute approximate surface area is 178 Å². The summed E-state index contributed by atoms with van der Waals surface area (Å²) in [4.78, 5) is 15.4. The van der Waals surface area contributed by atoms with E-state index < -0.39 is 12.1 Å². The zero-order valence-electron chi connectivity index (χ0n) is 16.9. The summed E-state index contributed by atoms with van der Waals surface area (Å²) < 4.78 is 25.5. The molecule has 160 valence electrons. The van der Waals surface area contributed by atoms with Crippen LogP contribution >= 0.6 is 0 Å². The highest BCUT2D eigenvalue weighted by atomic mass is 19.1. The molecule has 0 saturated heterocycles. The molecule has 0 amide bonds. The van der Waals surface area contributed by atoms with Gasteiger partial charge in [-0.25, -0.2) is 4.39 Å². The number of aliphatic hydroxyl groups is 1. The van der Waals surface area contributed by atoms with E-state index in [0.717, 1.165) is 18.4 Å². The number of benzene rings is 2. The van der Waals surface area contributed by atoms with Crippen LogP contribution in [0.25, 0.3) is 11.1 Å². The lowest BCUT2D eigenvalue weighted by molar-refractivity contribution is -0.139. The van der Waals surface area contributed by atoms with Crippen LogP contribution in [-0.2, 0) is 11.2 Å². The lowest BCUT2D eigenvalue weighted by atomic mass is 9.96. The summed E-state index contributed by atoms with van der Waals surface area (Å²) in [6.45, 7) is 0. The van der Waals surface area contributed by atoms with Crippen LogP contribution in [0.15, 0.2) is 54.7 Å². The molecule has 1 unspecified atom stereocenters. The molecule has 0 saturated carbocycles. The van der Waals surface area contributed by atoms with Crippen molar-refractivity contribution in [3.8, 4) is 22.6 Å². The summed E-state index contributed by atoms with van der Waals surface area (Å²) in [5.74, 6) is -0.247. The minimum atomic E-state index is -1.10. The number of carboxylic acid groups (broad SMARTS) is 1. The van der Waals surface area contributed by atoms with Gasteiger partial charge in [-0.1, -0.05) is 18.2 Å². The van der Waals surface area contributed by atoms with E-state index in [1.165, 1.54) is 13.2 Å².